The zero-order valence-electron chi connectivity index (χ0n) is 19.4. The number of carbonyl (C=O) groups is 3. The van der Waals surface area contributed by atoms with Crippen molar-refractivity contribution in [2.45, 2.75) is 90.8 Å². The van der Waals surface area contributed by atoms with E-state index in [1.807, 2.05) is 0 Å². The second-order valence-electron chi connectivity index (χ2n) is 11.3. The summed E-state index contributed by atoms with van der Waals surface area (Å²) in [5.74, 6) is -2.13. The minimum absolute atomic E-state index is 0.00606. The molecule has 182 valence electrons. The fraction of sp³-hybridized carbons (Fsp3) is 0.864. The molecule has 3 rings (SSSR count). The van der Waals surface area contributed by atoms with Crippen molar-refractivity contribution in [3.05, 3.63) is 0 Å². The molecule has 1 N–H and O–H groups in total. The molecule has 1 saturated heterocycles. The summed E-state index contributed by atoms with van der Waals surface area (Å²) in [6.45, 7) is 10.5. The number of nitrogens with one attached hydrogen (secondary N) is 1. The number of alkyl halides is 3. The second-order valence-corrected chi connectivity index (χ2v) is 11.3. The van der Waals surface area contributed by atoms with E-state index < -0.39 is 59.8 Å². The minimum atomic E-state index is -4.63. The van der Waals surface area contributed by atoms with E-state index in [0.29, 0.717) is 12.8 Å². The van der Waals surface area contributed by atoms with Crippen LogP contribution in [-0.4, -0.2) is 59.4 Å². The number of hydrogen-bond acceptors (Lipinski definition) is 5. The predicted octanol–water partition coefficient (Wildman–Crippen LogP) is 3.66. The molecule has 2 aliphatic carbocycles. The number of piperidine rings is 1. The third kappa shape index (κ3) is 5.31. The SMILES string of the molecule is CC(C)(C)OC(=O)N[C@H]1C2CC3C[C@H]1[C@H](OC(=O)C(C)(C)C)C2N(C(=O)CC(F)(F)F)C3. The van der Waals surface area contributed by atoms with Crippen LogP contribution in [0, 0.1) is 23.2 Å². The molecule has 6 atom stereocenters. The maximum absolute atomic E-state index is 13.0. The Morgan fingerprint density at radius 2 is 1.59 bits per heavy atom. The molecule has 7 nitrogen and oxygen atoms in total. The topological polar surface area (TPSA) is 84.9 Å². The van der Waals surface area contributed by atoms with Crippen molar-refractivity contribution in [2.24, 2.45) is 23.2 Å². The Morgan fingerprint density at radius 1 is 1.00 bits per heavy atom. The van der Waals surface area contributed by atoms with E-state index in [2.05, 4.69) is 5.32 Å². The molecule has 0 radical (unpaired) electrons. The van der Waals surface area contributed by atoms with Gasteiger partial charge in [-0.1, -0.05) is 0 Å². The van der Waals surface area contributed by atoms with Gasteiger partial charge in [-0.05, 0) is 60.3 Å². The van der Waals surface area contributed by atoms with Gasteiger partial charge in [-0.25, -0.2) is 4.79 Å². The van der Waals surface area contributed by atoms with Gasteiger partial charge in [-0.3, -0.25) is 9.59 Å². The highest BCUT2D eigenvalue weighted by atomic mass is 19.4. The molecule has 3 unspecified atom stereocenters. The van der Waals surface area contributed by atoms with Gasteiger partial charge in [0.25, 0.3) is 0 Å². The fourth-order valence-electron chi connectivity index (χ4n) is 5.28. The van der Waals surface area contributed by atoms with Crippen molar-refractivity contribution in [3.63, 3.8) is 0 Å². The van der Waals surface area contributed by atoms with Crippen LogP contribution in [0.3, 0.4) is 0 Å². The van der Waals surface area contributed by atoms with Gasteiger partial charge < -0.3 is 19.7 Å². The summed E-state index contributed by atoms with van der Waals surface area (Å²) < 4.78 is 50.1. The number of likely N-dealkylation sites (tertiary alicyclic amines) is 1. The van der Waals surface area contributed by atoms with Crippen molar-refractivity contribution >= 4 is 18.0 Å². The lowest BCUT2D eigenvalue weighted by molar-refractivity contribution is -0.173. The maximum atomic E-state index is 13.0. The quantitative estimate of drug-likeness (QED) is 0.647. The molecule has 0 aromatic carbocycles. The number of rotatable bonds is 3. The fourth-order valence-corrected chi connectivity index (χ4v) is 5.28. The number of amides is 2. The first-order chi connectivity index (χ1) is 14.5. The van der Waals surface area contributed by atoms with Crippen LogP contribution in [0.2, 0.25) is 0 Å². The summed E-state index contributed by atoms with van der Waals surface area (Å²) in [5.41, 5.74) is -1.53. The van der Waals surface area contributed by atoms with Crippen molar-refractivity contribution in [3.8, 4) is 0 Å². The number of hydrogen-bond donors (Lipinski definition) is 1. The number of alkyl carbamates (subject to hydrolysis) is 1. The highest BCUT2D eigenvalue weighted by Gasteiger charge is 2.63. The summed E-state index contributed by atoms with van der Waals surface area (Å²) in [4.78, 5) is 39.0. The van der Waals surface area contributed by atoms with E-state index >= 15 is 0 Å². The lowest BCUT2D eigenvalue weighted by Gasteiger charge is -2.45. The van der Waals surface area contributed by atoms with Gasteiger partial charge >= 0.3 is 18.2 Å². The van der Waals surface area contributed by atoms with Crippen LogP contribution in [0.5, 0.6) is 0 Å². The van der Waals surface area contributed by atoms with E-state index in [0.717, 1.165) is 0 Å². The first kappa shape index (κ1) is 24.6. The Morgan fingerprint density at radius 3 is 2.12 bits per heavy atom. The zero-order valence-corrected chi connectivity index (χ0v) is 19.4. The molecule has 10 heteroatoms. The van der Waals surface area contributed by atoms with Crippen LogP contribution in [0.1, 0.15) is 60.8 Å². The molecule has 3 bridgehead atoms. The Labute approximate surface area is 186 Å². The number of nitrogens with zero attached hydrogens (tertiary/aromatic N) is 1. The maximum Gasteiger partial charge on any atom is 0.407 e. The number of fused-ring (bicyclic) bond motifs is 2. The van der Waals surface area contributed by atoms with Gasteiger partial charge in [0.05, 0.1) is 11.5 Å². The van der Waals surface area contributed by atoms with Gasteiger partial charge in [0.15, 0.2) is 0 Å². The molecule has 0 aromatic rings. The van der Waals surface area contributed by atoms with E-state index in [-0.39, 0.29) is 24.3 Å². The average molecular weight is 463 g/mol. The van der Waals surface area contributed by atoms with Gasteiger partial charge in [-0.15, -0.1) is 0 Å². The van der Waals surface area contributed by atoms with Crippen molar-refractivity contribution in [2.75, 3.05) is 6.54 Å². The van der Waals surface area contributed by atoms with Gasteiger partial charge in [0.1, 0.15) is 18.1 Å². The molecule has 3 aliphatic rings. The standard InChI is InChI=1S/C22H33F3N2O5/c1-20(2,3)18(29)31-17-13-8-11-7-12(15(13)26-19(30)32-21(4,5)6)16(17)27(10-11)14(28)9-22(23,24)25/h11-13,15-17H,7-10H2,1-6H3,(H,26,30)/t11?,12?,13-,15+,16?,17+/m1/s1. The van der Waals surface area contributed by atoms with Crippen LogP contribution in [0.4, 0.5) is 18.0 Å². The highest BCUT2D eigenvalue weighted by molar-refractivity contribution is 5.78. The van der Waals surface area contributed by atoms with E-state index in [1.165, 1.54) is 4.90 Å². The summed E-state index contributed by atoms with van der Waals surface area (Å²) in [6.07, 6.45) is -6.41. The van der Waals surface area contributed by atoms with Crippen LogP contribution in [-0.2, 0) is 19.1 Å². The second kappa shape index (κ2) is 8.09. The molecular formula is C22H33F3N2O5. The molecule has 32 heavy (non-hydrogen) atoms. The van der Waals surface area contributed by atoms with Gasteiger partial charge in [0.2, 0.25) is 5.91 Å². The number of halogens is 3. The number of carbonyl (C=O) groups excluding carboxylic acids is 3. The lowest BCUT2D eigenvalue weighted by Crippen LogP contribution is -2.57. The third-order valence-corrected chi connectivity index (χ3v) is 6.36. The van der Waals surface area contributed by atoms with Crippen molar-refractivity contribution in [1.82, 2.24) is 10.2 Å². The Bertz CT molecular complexity index is 771. The zero-order chi connectivity index (χ0) is 24.2. The molecule has 0 aromatic heterocycles. The number of ether oxygens (including phenoxy) is 2. The smallest absolute Gasteiger partial charge is 0.407 e. The van der Waals surface area contributed by atoms with E-state index in [1.54, 1.807) is 41.5 Å². The molecule has 2 amide bonds. The minimum Gasteiger partial charge on any atom is -0.459 e. The average Bonchev–Trinajstić information content (AvgIpc) is 2.70. The van der Waals surface area contributed by atoms with Crippen LogP contribution >= 0.6 is 0 Å². The molecule has 2 saturated carbocycles. The first-order valence-electron chi connectivity index (χ1n) is 11.0. The molecule has 0 spiro atoms. The van der Waals surface area contributed by atoms with Crippen LogP contribution in [0.15, 0.2) is 0 Å². The normalized spacial score (nSPS) is 32.0. The molecular weight excluding hydrogens is 429 g/mol. The highest BCUT2D eigenvalue weighted by Crippen LogP contribution is 2.52. The predicted molar refractivity (Wildman–Crippen MR) is 108 cm³/mol. The summed E-state index contributed by atoms with van der Waals surface area (Å²) in [5, 5.41) is 2.86. The van der Waals surface area contributed by atoms with Gasteiger partial charge in [0, 0.05) is 24.4 Å². The number of esters is 1. The third-order valence-electron chi connectivity index (χ3n) is 6.36. The molecule has 1 heterocycles. The summed E-state index contributed by atoms with van der Waals surface area (Å²) in [6, 6.07) is -1.16. The largest absolute Gasteiger partial charge is 0.459 e. The summed E-state index contributed by atoms with van der Waals surface area (Å²) >= 11 is 0. The van der Waals surface area contributed by atoms with Crippen LogP contribution in [0.25, 0.3) is 0 Å². The van der Waals surface area contributed by atoms with Crippen molar-refractivity contribution in [1.29, 1.82) is 0 Å². The van der Waals surface area contributed by atoms with E-state index in [4.69, 9.17) is 9.47 Å². The molecule has 3 fully saturated rings. The van der Waals surface area contributed by atoms with Gasteiger partial charge in [-0.2, -0.15) is 13.2 Å². The summed E-state index contributed by atoms with van der Waals surface area (Å²) in [7, 11) is 0. The molecule has 1 aliphatic heterocycles. The Balaban J connectivity index is 1.90. The van der Waals surface area contributed by atoms with E-state index in [9.17, 15) is 27.6 Å². The van der Waals surface area contributed by atoms with Crippen LogP contribution < -0.4 is 5.32 Å². The van der Waals surface area contributed by atoms with Crippen molar-refractivity contribution < 1.29 is 37.0 Å². The first-order valence-corrected chi connectivity index (χ1v) is 11.0. The lowest BCUT2D eigenvalue weighted by atomic mass is 9.74. The monoisotopic (exact) mass is 462 g/mol. The Hall–Kier alpha value is -2.00. The Kier molecular flexibility index (Phi) is 6.23.